The van der Waals surface area contributed by atoms with E-state index >= 15 is 0 Å². The van der Waals surface area contributed by atoms with Crippen molar-refractivity contribution >= 4 is 6.29 Å². The van der Waals surface area contributed by atoms with Gasteiger partial charge in [-0.3, -0.25) is 4.79 Å². The molecule has 1 heterocycles. The van der Waals surface area contributed by atoms with Crippen LogP contribution >= 0.6 is 0 Å². The van der Waals surface area contributed by atoms with Crippen LogP contribution in [0.4, 0.5) is 13.2 Å². The molecule has 1 atom stereocenters. The minimum absolute atomic E-state index is 0.0757. The third-order valence-corrected chi connectivity index (χ3v) is 4.54. The van der Waals surface area contributed by atoms with Crippen LogP contribution in [0.5, 0.6) is 0 Å². The lowest BCUT2D eigenvalue weighted by atomic mass is 9.66. The molecule has 1 aromatic carbocycles. The maximum absolute atomic E-state index is 12.8. The number of benzene rings is 1. The zero-order chi connectivity index (χ0) is 16.6. The Morgan fingerprint density at radius 1 is 1.35 bits per heavy atom. The number of nitrogens with zero attached hydrogens (tertiary/aromatic N) is 3. The van der Waals surface area contributed by atoms with E-state index in [9.17, 15) is 18.0 Å². The summed E-state index contributed by atoms with van der Waals surface area (Å²) in [6, 6.07) is 6.95. The number of carbonyl (C=O) groups excluding carboxylic acids is 1. The number of aromatic nitrogens is 3. The first-order valence-corrected chi connectivity index (χ1v) is 7.36. The van der Waals surface area contributed by atoms with Gasteiger partial charge in [-0.1, -0.05) is 18.2 Å². The van der Waals surface area contributed by atoms with Crippen LogP contribution in [0.1, 0.15) is 40.5 Å². The molecule has 0 bridgehead atoms. The number of alkyl halides is 3. The quantitative estimate of drug-likeness (QED) is 0.811. The van der Waals surface area contributed by atoms with Gasteiger partial charge in [0, 0.05) is 18.5 Å². The fraction of sp³-hybridized carbons (Fsp3) is 0.438. The summed E-state index contributed by atoms with van der Waals surface area (Å²) in [5, 5.41) is 7.92. The van der Waals surface area contributed by atoms with E-state index in [0.29, 0.717) is 11.4 Å². The predicted octanol–water partition coefficient (Wildman–Crippen LogP) is 3.35. The van der Waals surface area contributed by atoms with Gasteiger partial charge >= 0.3 is 6.18 Å². The van der Waals surface area contributed by atoms with Crippen LogP contribution in [-0.2, 0) is 7.05 Å². The summed E-state index contributed by atoms with van der Waals surface area (Å²) < 4.78 is 40.1. The molecule has 1 unspecified atom stereocenters. The van der Waals surface area contributed by atoms with E-state index in [2.05, 4.69) is 10.2 Å². The minimum Gasteiger partial charge on any atom is -0.320 e. The number of halogens is 3. The summed E-state index contributed by atoms with van der Waals surface area (Å²) in [6.07, 6.45) is -1.73. The van der Waals surface area contributed by atoms with Gasteiger partial charge in [0.15, 0.2) is 0 Å². The van der Waals surface area contributed by atoms with Crippen LogP contribution in [0.25, 0.3) is 0 Å². The second-order valence-electron chi connectivity index (χ2n) is 6.04. The van der Waals surface area contributed by atoms with E-state index in [-0.39, 0.29) is 24.7 Å². The molecule has 1 fully saturated rings. The van der Waals surface area contributed by atoms with E-state index in [0.717, 1.165) is 11.8 Å². The van der Waals surface area contributed by atoms with Crippen LogP contribution in [0.2, 0.25) is 0 Å². The van der Waals surface area contributed by atoms with Gasteiger partial charge in [0.05, 0.1) is 5.92 Å². The summed E-state index contributed by atoms with van der Waals surface area (Å²) >= 11 is 0. The summed E-state index contributed by atoms with van der Waals surface area (Å²) in [4.78, 5) is 11.0. The molecule has 122 valence electrons. The Kier molecular flexibility index (Phi) is 3.95. The van der Waals surface area contributed by atoms with Gasteiger partial charge in [0.25, 0.3) is 0 Å². The molecule has 4 nitrogen and oxygen atoms in total. The van der Waals surface area contributed by atoms with Crippen molar-refractivity contribution < 1.29 is 18.0 Å². The summed E-state index contributed by atoms with van der Waals surface area (Å²) in [6.45, 7) is 0. The van der Waals surface area contributed by atoms with Gasteiger partial charge in [0.2, 0.25) is 0 Å². The molecule has 23 heavy (non-hydrogen) atoms. The highest BCUT2D eigenvalue weighted by Crippen LogP contribution is 2.51. The molecule has 2 aromatic rings. The first-order chi connectivity index (χ1) is 10.9. The van der Waals surface area contributed by atoms with Crippen molar-refractivity contribution in [3.05, 3.63) is 47.5 Å². The summed E-state index contributed by atoms with van der Waals surface area (Å²) in [5.74, 6) is -1.08. The zero-order valence-electron chi connectivity index (χ0n) is 12.5. The van der Waals surface area contributed by atoms with Crippen LogP contribution in [0.15, 0.2) is 30.6 Å². The smallest absolute Gasteiger partial charge is 0.320 e. The highest BCUT2D eigenvalue weighted by molar-refractivity contribution is 5.75. The van der Waals surface area contributed by atoms with E-state index in [1.165, 1.54) is 6.33 Å². The Morgan fingerprint density at radius 3 is 2.65 bits per heavy atom. The molecule has 3 rings (SSSR count). The largest absolute Gasteiger partial charge is 0.391 e. The van der Waals surface area contributed by atoms with Gasteiger partial charge < -0.3 is 4.57 Å². The molecule has 1 aliphatic rings. The average Bonchev–Trinajstić information content (AvgIpc) is 2.86. The number of carbonyl (C=O) groups is 1. The van der Waals surface area contributed by atoms with Gasteiger partial charge in [0.1, 0.15) is 18.4 Å². The van der Waals surface area contributed by atoms with Crippen molar-refractivity contribution in [1.29, 1.82) is 0 Å². The lowest BCUT2D eigenvalue weighted by molar-refractivity contribution is -0.205. The van der Waals surface area contributed by atoms with Gasteiger partial charge in [-0.05, 0) is 30.4 Å². The highest BCUT2D eigenvalue weighted by atomic mass is 19.4. The molecule has 0 saturated heterocycles. The van der Waals surface area contributed by atoms with Gasteiger partial charge in [-0.15, -0.1) is 10.2 Å². The predicted molar refractivity (Wildman–Crippen MR) is 76.9 cm³/mol. The molecule has 0 N–H and O–H groups in total. The van der Waals surface area contributed by atoms with E-state index in [1.807, 2.05) is 6.07 Å². The second-order valence-corrected chi connectivity index (χ2v) is 6.04. The minimum atomic E-state index is -4.15. The molecule has 0 amide bonds. The molecule has 0 radical (unpaired) electrons. The number of aldehydes is 1. The number of rotatable bonds is 4. The fourth-order valence-corrected chi connectivity index (χ4v) is 3.23. The Balaban J connectivity index is 1.93. The standard InChI is InChI=1S/C16H16F3N3O/c1-22-9-20-21-15(22)14(11-4-2-3-10(5-11)8-23)12-6-13(7-12)16(17,18)19/h2-5,8-9,12-14H,6-7H2,1H3. The monoisotopic (exact) mass is 323 g/mol. The fourth-order valence-electron chi connectivity index (χ4n) is 3.23. The maximum Gasteiger partial charge on any atom is 0.391 e. The summed E-state index contributed by atoms with van der Waals surface area (Å²) in [5.41, 5.74) is 1.30. The van der Waals surface area contributed by atoms with Crippen LogP contribution in [0.3, 0.4) is 0 Å². The van der Waals surface area contributed by atoms with Crippen LogP contribution in [-0.4, -0.2) is 27.2 Å². The highest BCUT2D eigenvalue weighted by Gasteiger charge is 2.50. The average molecular weight is 323 g/mol. The molecule has 7 heteroatoms. The van der Waals surface area contributed by atoms with Crippen molar-refractivity contribution in [3.63, 3.8) is 0 Å². The maximum atomic E-state index is 12.8. The van der Waals surface area contributed by atoms with Crippen molar-refractivity contribution in [2.75, 3.05) is 0 Å². The molecule has 0 aliphatic heterocycles. The lowest BCUT2D eigenvalue weighted by Crippen LogP contribution is -2.39. The summed E-state index contributed by atoms with van der Waals surface area (Å²) in [7, 11) is 1.77. The van der Waals surface area contributed by atoms with Crippen LogP contribution in [0, 0.1) is 11.8 Å². The zero-order valence-corrected chi connectivity index (χ0v) is 12.5. The molecular formula is C16H16F3N3O. The van der Waals surface area contributed by atoms with Crippen molar-refractivity contribution in [1.82, 2.24) is 14.8 Å². The van der Waals surface area contributed by atoms with E-state index < -0.39 is 12.1 Å². The number of aryl methyl sites for hydroxylation is 1. The molecule has 1 aliphatic carbocycles. The van der Waals surface area contributed by atoms with Crippen molar-refractivity contribution in [2.24, 2.45) is 18.9 Å². The van der Waals surface area contributed by atoms with Gasteiger partial charge in [-0.2, -0.15) is 13.2 Å². The molecule has 0 spiro atoms. The number of hydrogen-bond acceptors (Lipinski definition) is 3. The van der Waals surface area contributed by atoms with Crippen molar-refractivity contribution in [3.8, 4) is 0 Å². The topological polar surface area (TPSA) is 47.8 Å². The Bertz CT molecular complexity index is 705. The SMILES string of the molecule is Cn1cnnc1C(c1cccc(C=O)c1)C1CC(C(F)(F)F)C1. The first kappa shape index (κ1) is 15.7. The number of hydrogen-bond donors (Lipinski definition) is 0. The molecule has 1 saturated carbocycles. The van der Waals surface area contributed by atoms with Crippen molar-refractivity contribution in [2.45, 2.75) is 24.9 Å². The molecule has 1 aromatic heterocycles. The normalized spacial score (nSPS) is 22.4. The third kappa shape index (κ3) is 3.00. The Hall–Kier alpha value is -2.18. The third-order valence-electron chi connectivity index (χ3n) is 4.54. The van der Waals surface area contributed by atoms with Crippen LogP contribution < -0.4 is 0 Å². The van der Waals surface area contributed by atoms with Gasteiger partial charge in [-0.25, -0.2) is 0 Å². The Morgan fingerprint density at radius 2 is 2.09 bits per heavy atom. The molecular weight excluding hydrogens is 307 g/mol. The first-order valence-electron chi connectivity index (χ1n) is 7.36. The Labute approximate surface area is 131 Å². The van der Waals surface area contributed by atoms with E-state index in [4.69, 9.17) is 0 Å². The lowest BCUT2D eigenvalue weighted by Gasteiger charge is -2.41. The van der Waals surface area contributed by atoms with E-state index in [1.54, 1.807) is 29.8 Å². The second kappa shape index (κ2) is 5.79.